The van der Waals surface area contributed by atoms with Crippen LogP contribution in [0.5, 0.6) is 0 Å². The first-order chi connectivity index (χ1) is 12.6. The molecule has 1 aromatic heterocycles. The Balaban J connectivity index is 1.95. The van der Waals surface area contributed by atoms with Gasteiger partial charge in [0.15, 0.2) is 0 Å². The van der Waals surface area contributed by atoms with E-state index in [-0.39, 0.29) is 5.91 Å². The number of aromatic nitrogens is 1. The number of amides is 1. The summed E-state index contributed by atoms with van der Waals surface area (Å²) in [5.41, 5.74) is 8.73. The second kappa shape index (κ2) is 6.19. The van der Waals surface area contributed by atoms with Crippen LogP contribution >= 0.6 is 0 Å². The number of hydrogen-bond donors (Lipinski definition) is 2. The number of hydrogen-bond acceptors (Lipinski definition) is 1. The highest BCUT2D eigenvalue weighted by atomic mass is 16.2. The van der Waals surface area contributed by atoms with Crippen molar-refractivity contribution in [1.29, 1.82) is 0 Å². The molecule has 0 radical (unpaired) electrons. The quantitative estimate of drug-likeness (QED) is 0.606. The van der Waals surface area contributed by atoms with Crippen molar-refractivity contribution in [1.82, 2.24) is 4.98 Å². The second-order valence-corrected chi connectivity index (χ2v) is 6.62. The Kier molecular flexibility index (Phi) is 3.85. The number of carbonyl (C=O) groups excluding carboxylic acids is 1. The third kappa shape index (κ3) is 2.58. The summed E-state index contributed by atoms with van der Waals surface area (Å²) in [7, 11) is 0. The minimum Gasteiger partial charge on any atom is -0.358 e. The maximum Gasteiger partial charge on any atom is 0.256 e. The van der Waals surface area contributed by atoms with E-state index in [1.54, 1.807) is 0 Å². The maximum atomic E-state index is 12.5. The molecule has 0 atom stereocenters. The van der Waals surface area contributed by atoms with Crippen molar-refractivity contribution in [2.24, 2.45) is 0 Å². The van der Waals surface area contributed by atoms with Gasteiger partial charge in [-0.1, -0.05) is 55.1 Å². The van der Waals surface area contributed by atoms with Gasteiger partial charge in [0.1, 0.15) is 0 Å². The standard InChI is InChI=1S/C23H20N2O/c1-14(2)21-15(3)24-20(22(21)16-9-5-4-6-10-16)13-18-17-11-7-8-12-19(17)25-23(18)26/h4-13,24H,1H2,2-3H3,(H,25,26)/b18-13-. The molecule has 0 spiro atoms. The fourth-order valence-electron chi connectivity index (χ4n) is 3.62. The largest absolute Gasteiger partial charge is 0.358 e. The summed E-state index contributed by atoms with van der Waals surface area (Å²) in [6.07, 6.45) is 1.95. The molecule has 2 heterocycles. The van der Waals surface area contributed by atoms with Crippen LogP contribution in [0, 0.1) is 6.92 Å². The fourth-order valence-corrected chi connectivity index (χ4v) is 3.62. The third-order valence-corrected chi connectivity index (χ3v) is 4.70. The van der Waals surface area contributed by atoms with E-state index < -0.39 is 0 Å². The number of para-hydroxylation sites is 1. The predicted molar refractivity (Wildman–Crippen MR) is 109 cm³/mol. The zero-order valence-corrected chi connectivity index (χ0v) is 14.9. The monoisotopic (exact) mass is 340 g/mol. The summed E-state index contributed by atoms with van der Waals surface area (Å²) in [4.78, 5) is 16.0. The van der Waals surface area contributed by atoms with Crippen LogP contribution < -0.4 is 5.32 Å². The smallest absolute Gasteiger partial charge is 0.256 e. The van der Waals surface area contributed by atoms with Crippen LogP contribution in [0.4, 0.5) is 5.69 Å². The molecule has 26 heavy (non-hydrogen) atoms. The average molecular weight is 340 g/mol. The summed E-state index contributed by atoms with van der Waals surface area (Å²) in [6, 6.07) is 18.0. The third-order valence-electron chi connectivity index (χ3n) is 4.70. The number of carbonyl (C=O) groups is 1. The van der Waals surface area contributed by atoms with Gasteiger partial charge < -0.3 is 10.3 Å². The van der Waals surface area contributed by atoms with Crippen LogP contribution in [0.15, 0.2) is 61.2 Å². The van der Waals surface area contributed by atoms with E-state index in [2.05, 4.69) is 29.0 Å². The van der Waals surface area contributed by atoms with Gasteiger partial charge in [0.05, 0.1) is 5.57 Å². The molecule has 1 aliphatic heterocycles. The van der Waals surface area contributed by atoms with Crippen molar-refractivity contribution in [3.8, 4) is 11.1 Å². The van der Waals surface area contributed by atoms with Gasteiger partial charge in [-0.2, -0.15) is 0 Å². The van der Waals surface area contributed by atoms with E-state index in [1.165, 1.54) is 0 Å². The van der Waals surface area contributed by atoms with E-state index in [4.69, 9.17) is 0 Å². The number of aryl methyl sites for hydroxylation is 1. The molecule has 128 valence electrons. The number of nitrogens with one attached hydrogen (secondary N) is 2. The summed E-state index contributed by atoms with van der Waals surface area (Å²) in [5.74, 6) is -0.0747. The Labute approximate surface area is 153 Å². The van der Waals surface area contributed by atoms with Gasteiger partial charge in [-0.15, -0.1) is 0 Å². The SMILES string of the molecule is C=C(C)c1c(C)[nH]c(/C=C2\C(=O)Nc3ccccc32)c1-c1ccccc1. The normalized spacial score (nSPS) is 14.4. The number of fused-ring (bicyclic) bond motifs is 1. The molecular weight excluding hydrogens is 320 g/mol. The lowest BCUT2D eigenvalue weighted by Crippen LogP contribution is -2.03. The van der Waals surface area contributed by atoms with Crippen molar-refractivity contribution in [2.45, 2.75) is 13.8 Å². The molecule has 0 aliphatic carbocycles. The fraction of sp³-hybridized carbons (Fsp3) is 0.0870. The van der Waals surface area contributed by atoms with Crippen molar-refractivity contribution in [2.75, 3.05) is 5.32 Å². The molecule has 1 amide bonds. The van der Waals surface area contributed by atoms with Crippen LogP contribution in [-0.2, 0) is 4.79 Å². The Morgan fingerprint density at radius 3 is 2.46 bits per heavy atom. The van der Waals surface area contributed by atoms with Gasteiger partial charge in [-0.3, -0.25) is 4.79 Å². The highest BCUT2D eigenvalue weighted by Crippen LogP contribution is 2.38. The summed E-state index contributed by atoms with van der Waals surface area (Å²) >= 11 is 0. The number of anilines is 1. The van der Waals surface area contributed by atoms with Crippen LogP contribution in [-0.4, -0.2) is 10.9 Å². The summed E-state index contributed by atoms with van der Waals surface area (Å²) in [6.45, 7) is 8.20. The molecule has 2 N–H and O–H groups in total. The molecule has 3 nitrogen and oxygen atoms in total. The molecule has 2 aromatic carbocycles. The molecule has 1 aliphatic rings. The van der Waals surface area contributed by atoms with Gasteiger partial charge in [0.25, 0.3) is 5.91 Å². The zero-order valence-electron chi connectivity index (χ0n) is 14.9. The van der Waals surface area contributed by atoms with Crippen LogP contribution in [0.1, 0.15) is 29.4 Å². The van der Waals surface area contributed by atoms with E-state index >= 15 is 0 Å². The first-order valence-electron chi connectivity index (χ1n) is 8.62. The first-order valence-corrected chi connectivity index (χ1v) is 8.62. The minimum atomic E-state index is -0.0747. The molecule has 0 unspecified atom stereocenters. The lowest BCUT2D eigenvalue weighted by atomic mass is 9.95. The lowest BCUT2D eigenvalue weighted by Gasteiger charge is -2.07. The molecular formula is C23H20N2O. The van der Waals surface area contributed by atoms with Crippen molar-refractivity contribution < 1.29 is 4.79 Å². The highest BCUT2D eigenvalue weighted by Gasteiger charge is 2.25. The molecule has 4 rings (SSSR count). The van der Waals surface area contributed by atoms with Crippen molar-refractivity contribution >= 4 is 28.8 Å². The Bertz CT molecular complexity index is 1060. The zero-order chi connectivity index (χ0) is 18.3. The minimum absolute atomic E-state index is 0.0747. The molecule has 0 bridgehead atoms. The van der Waals surface area contributed by atoms with Gasteiger partial charge in [-0.25, -0.2) is 0 Å². The molecule has 3 heteroatoms. The Morgan fingerprint density at radius 1 is 1.04 bits per heavy atom. The number of benzene rings is 2. The van der Waals surface area contributed by atoms with Gasteiger partial charge in [0.2, 0.25) is 0 Å². The first kappa shape index (κ1) is 16.2. The van der Waals surface area contributed by atoms with Crippen molar-refractivity contribution in [3.63, 3.8) is 0 Å². The molecule has 0 saturated heterocycles. The maximum absolute atomic E-state index is 12.5. The van der Waals surface area contributed by atoms with E-state index in [1.807, 2.05) is 62.4 Å². The van der Waals surface area contributed by atoms with Crippen LogP contribution in [0.25, 0.3) is 28.3 Å². The number of H-pyrrole nitrogens is 1. The molecule has 0 fully saturated rings. The van der Waals surface area contributed by atoms with E-state index in [0.717, 1.165) is 44.9 Å². The van der Waals surface area contributed by atoms with Crippen LogP contribution in [0.3, 0.4) is 0 Å². The van der Waals surface area contributed by atoms with E-state index in [0.29, 0.717) is 5.57 Å². The number of aromatic amines is 1. The van der Waals surface area contributed by atoms with Crippen LogP contribution in [0.2, 0.25) is 0 Å². The summed E-state index contributed by atoms with van der Waals surface area (Å²) < 4.78 is 0. The van der Waals surface area contributed by atoms with Gasteiger partial charge in [-0.05, 0) is 37.1 Å². The number of allylic oxidation sites excluding steroid dienone is 1. The second-order valence-electron chi connectivity index (χ2n) is 6.62. The predicted octanol–water partition coefficient (Wildman–Crippen LogP) is 5.52. The van der Waals surface area contributed by atoms with E-state index in [9.17, 15) is 4.79 Å². The Hall–Kier alpha value is -3.33. The highest BCUT2D eigenvalue weighted by molar-refractivity contribution is 6.35. The Morgan fingerprint density at radius 2 is 1.73 bits per heavy atom. The lowest BCUT2D eigenvalue weighted by molar-refractivity contribution is -0.110. The van der Waals surface area contributed by atoms with Gasteiger partial charge >= 0.3 is 0 Å². The molecule has 0 saturated carbocycles. The van der Waals surface area contributed by atoms with Crippen molar-refractivity contribution in [3.05, 3.63) is 83.7 Å². The molecule has 3 aromatic rings. The van der Waals surface area contributed by atoms with Gasteiger partial charge in [0, 0.05) is 33.8 Å². The number of rotatable bonds is 3. The summed E-state index contributed by atoms with van der Waals surface area (Å²) in [5, 5.41) is 2.93. The topological polar surface area (TPSA) is 44.9 Å². The average Bonchev–Trinajstić information content (AvgIpc) is 3.13.